The molecule has 0 aromatic heterocycles. The predicted molar refractivity (Wildman–Crippen MR) is 60.9 cm³/mol. The van der Waals surface area contributed by atoms with Gasteiger partial charge in [-0.2, -0.15) is 13.1 Å². The van der Waals surface area contributed by atoms with Crippen molar-refractivity contribution in [3.05, 3.63) is 0 Å². The average molecular weight is 257 g/mol. The monoisotopic (exact) mass is 257 g/mol. The maximum absolute atomic E-state index is 13.0. The van der Waals surface area contributed by atoms with Gasteiger partial charge in [0, 0.05) is 20.0 Å². The maximum atomic E-state index is 13.0. The summed E-state index contributed by atoms with van der Waals surface area (Å²) in [6, 6.07) is 0. The molecule has 0 saturated carbocycles. The Kier molecular flexibility index (Phi) is 6.40. The van der Waals surface area contributed by atoms with Gasteiger partial charge in [0.15, 0.2) is 0 Å². The first-order valence-corrected chi connectivity index (χ1v) is 7.08. The predicted octanol–water partition coefficient (Wildman–Crippen LogP) is 2.83. The number of unbranched alkanes of at least 4 members (excludes halogenated alkanes) is 2. The van der Waals surface area contributed by atoms with Gasteiger partial charge in [-0.15, -0.1) is 0 Å². The maximum Gasteiger partial charge on any atom is 0.356 e. The Morgan fingerprint density at radius 3 is 1.69 bits per heavy atom. The van der Waals surface area contributed by atoms with Crippen LogP contribution in [-0.4, -0.2) is 31.1 Å². The van der Waals surface area contributed by atoms with Crippen molar-refractivity contribution in [3.63, 3.8) is 0 Å². The van der Waals surface area contributed by atoms with Crippen molar-refractivity contribution in [3.8, 4) is 0 Å². The van der Waals surface area contributed by atoms with E-state index in [4.69, 9.17) is 0 Å². The summed E-state index contributed by atoms with van der Waals surface area (Å²) in [5.74, 6) is 0. The molecule has 0 heterocycles. The van der Waals surface area contributed by atoms with Gasteiger partial charge in [-0.05, 0) is 12.8 Å². The Labute approximate surface area is 96.9 Å². The second-order valence-electron chi connectivity index (χ2n) is 3.92. The Balaban J connectivity index is 4.73. The smallest absolute Gasteiger partial charge is 0.206 e. The van der Waals surface area contributed by atoms with Gasteiger partial charge in [-0.1, -0.05) is 26.7 Å². The summed E-state index contributed by atoms with van der Waals surface area (Å²) in [7, 11) is -4.48. The fourth-order valence-electron chi connectivity index (χ4n) is 1.25. The summed E-state index contributed by atoms with van der Waals surface area (Å²) in [6.45, 7) is 4.60. The summed E-state index contributed by atoms with van der Waals surface area (Å²) < 4.78 is 49.9. The van der Waals surface area contributed by atoms with Crippen molar-refractivity contribution in [2.45, 2.75) is 51.7 Å². The fraction of sp³-hybridized carbons (Fsp3) is 1.00. The molecular formula is C10H21F2NO2S. The third-order valence-corrected chi connectivity index (χ3v) is 4.27. The van der Waals surface area contributed by atoms with Gasteiger partial charge in [0.25, 0.3) is 10.0 Å². The molecule has 0 radical (unpaired) electrons. The van der Waals surface area contributed by atoms with Crippen LogP contribution in [0, 0.1) is 0 Å². The lowest BCUT2D eigenvalue weighted by molar-refractivity contribution is 0.104. The van der Waals surface area contributed by atoms with Gasteiger partial charge in [0.1, 0.15) is 0 Å². The van der Waals surface area contributed by atoms with Gasteiger partial charge in [-0.3, -0.25) is 0 Å². The molecule has 0 aromatic carbocycles. The lowest BCUT2D eigenvalue weighted by Crippen LogP contribution is -2.42. The Morgan fingerprint density at radius 2 is 1.44 bits per heavy atom. The van der Waals surface area contributed by atoms with Crippen molar-refractivity contribution in [2.75, 3.05) is 13.1 Å². The van der Waals surface area contributed by atoms with Crippen LogP contribution in [0.5, 0.6) is 0 Å². The van der Waals surface area contributed by atoms with Crippen LogP contribution in [0.1, 0.15) is 46.5 Å². The van der Waals surface area contributed by atoms with Gasteiger partial charge in [0.2, 0.25) is 0 Å². The largest absolute Gasteiger partial charge is 0.356 e. The van der Waals surface area contributed by atoms with E-state index in [1.807, 2.05) is 13.8 Å². The third kappa shape index (κ3) is 4.33. The molecule has 0 saturated heterocycles. The van der Waals surface area contributed by atoms with Crippen LogP contribution in [0.15, 0.2) is 0 Å². The highest BCUT2D eigenvalue weighted by atomic mass is 32.2. The molecule has 16 heavy (non-hydrogen) atoms. The number of sulfonamides is 1. The normalized spacial score (nSPS) is 13.4. The molecule has 0 atom stereocenters. The highest BCUT2D eigenvalue weighted by molar-refractivity contribution is 7.90. The SMILES string of the molecule is CCCCN(CCCC)S(=O)(=O)C(C)(F)F. The van der Waals surface area contributed by atoms with Crippen molar-refractivity contribution < 1.29 is 17.2 Å². The van der Waals surface area contributed by atoms with Crippen molar-refractivity contribution >= 4 is 10.0 Å². The molecule has 0 aliphatic rings. The zero-order valence-electron chi connectivity index (χ0n) is 10.2. The quantitative estimate of drug-likeness (QED) is 0.670. The molecule has 0 N–H and O–H groups in total. The van der Waals surface area contributed by atoms with Gasteiger partial charge < -0.3 is 0 Å². The zero-order chi connectivity index (χ0) is 12.8. The topological polar surface area (TPSA) is 37.4 Å². The molecule has 0 aliphatic carbocycles. The van der Waals surface area contributed by atoms with Gasteiger partial charge in [0.05, 0.1) is 0 Å². The van der Waals surface area contributed by atoms with Crippen LogP contribution in [0.25, 0.3) is 0 Å². The summed E-state index contributed by atoms with van der Waals surface area (Å²) in [5, 5.41) is -3.69. The van der Waals surface area contributed by atoms with Crippen molar-refractivity contribution in [1.29, 1.82) is 0 Å². The minimum absolute atomic E-state index is 0.183. The number of hydrogen-bond donors (Lipinski definition) is 0. The molecule has 0 rings (SSSR count). The molecule has 0 bridgehead atoms. The van der Waals surface area contributed by atoms with E-state index in [1.54, 1.807) is 0 Å². The zero-order valence-corrected chi connectivity index (χ0v) is 11.0. The minimum atomic E-state index is -4.48. The van der Waals surface area contributed by atoms with E-state index in [-0.39, 0.29) is 13.1 Å². The van der Waals surface area contributed by atoms with E-state index in [0.717, 1.165) is 17.1 Å². The molecule has 0 aromatic rings. The van der Waals surface area contributed by atoms with E-state index >= 15 is 0 Å². The van der Waals surface area contributed by atoms with E-state index in [9.17, 15) is 17.2 Å². The molecule has 0 unspecified atom stereocenters. The molecular weight excluding hydrogens is 236 g/mol. The molecule has 0 fully saturated rings. The lowest BCUT2D eigenvalue weighted by Gasteiger charge is -2.25. The van der Waals surface area contributed by atoms with Crippen LogP contribution >= 0.6 is 0 Å². The minimum Gasteiger partial charge on any atom is -0.206 e. The lowest BCUT2D eigenvalue weighted by atomic mass is 10.3. The highest BCUT2D eigenvalue weighted by Gasteiger charge is 2.43. The first-order chi connectivity index (χ1) is 7.27. The third-order valence-electron chi connectivity index (χ3n) is 2.32. The van der Waals surface area contributed by atoms with E-state index in [2.05, 4.69) is 0 Å². The molecule has 6 heteroatoms. The molecule has 0 amide bonds. The standard InChI is InChI=1S/C10H21F2NO2S/c1-4-6-8-13(9-7-5-2)16(14,15)10(3,11)12/h4-9H2,1-3H3. The van der Waals surface area contributed by atoms with E-state index in [1.165, 1.54) is 0 Å². The van der Waals surface area contributed by atoms with Gasteiger partial charge in [-0.25, -0.2) is 8.42 Å². The number of halogens is 2. The van der Waals surface area contributed by atoms with Crippen molar-refractivity contribution in [2.24, 2.45) is 0 Å². The number of nitrogens with zero attached hydrogens (tertiary/aromatic N) is 1. The second kappa shape index (κ2) is 6.49. The molecule has 0 aliphatic heterocycles. The van der Waals surface area contributed by atoms with Crippen LogP contribution < -0.4 is 0 Å². The van der Waals surface area contributed by atoms with E-state index in [0.29, 0.717) is 19.8 Å². The number of rotatable bonds is 8. The van der Waals surface area contributed by atoms with Crippen LogP contribution in [0.4, 0.5) is 8.78 Å². The van der Waals surface area contributed by atoms with Crippen LogP contribution in [-0.2, 0) is 10.0 Å². The van der Waals surface area contributed by atoms with Crippen LogP contribution in [0.3, 0.4) is 0 Å². The van der Waals surface area contributed by atoms with E-state index < -0.39 is 15.3 Å². The summed E-state index contributed by atoms with van der Waals surface area (Å²) in [4.78, 5) is 0. The number of alkyl halides is 2. The molecule has 0 spiro atoms. The van der Waals surface area contributed by atoms with Gasteiger partial charge >= 0.3 is 5.25 Å². The second-order valence-corrected chi connectivity index (χ2v) is 6.10. The molecule has 3 nitrogen and oxygen atoms in total. The average Bonchev–Trinajstić information content (AvgIpc) is 2.16. The summed E-state index contributed by atoms with van der Waals surface area (Å²) in [5.41, 5.74) is 0. The Hall–Kier alpha value is -0.230. The Bertz CT molecular complexity index is 278. The summed E-state index contributed by atoms with van der Waals surface area (Å²) in [6.07, 6.45) is 2.79. The molecule has 98 valence electrons. The first kappa shape index (κ1) is 15.8. The first-order valence-electron chi connectivity index (χ1n) is 5.64. The Morgan fingerprint density at radius 1 is 1.06 bits per heavy atom. The van der Waals surface area contributed by atoms with Crippen LogP contribution in [0.2, 0.25) is 0 Å². The van der Waals surface area contributed by atoms with Crippen molar-refractivity contribution in [1.82, 2.24) is 4.31 Å². The highest BCUT2D eigenvalue weighted by Crippen LogP contribution is 2.25. The number of hydrogen-bond acceptors (Lipinski definition) is 2. The fourth-order valence-corrected chi connectivity index (χ4v) is 2.44. The summed E-state index contributed by atoms with van der Waals surface area (Å²) >= 11 is 0.